The molecule has 1 aliphatic rings. The Balaban J connectivity index is 1.55. The molecule has 13 heteroatoms. The van der Waals surface area contributed by atoms with Crippen molar-refractivity contribution < 1.29 is 31.6 Å². The zero-order chi connectivity index (χ0) is 23.9. The van der Waals surface area contributed by atoms with Crippen LogP contribution in [0.15, 0.2) is 59.4 Å². The van der Waals surface area contributed by atoms with Crippen molar-refractivity contribution in [3.05, 3.63) is 66.3 Å². The summed E-state index contributed by atoms with van der Waals surface area (Å²) < 4.78 is 65.3. The van der Waals surface area contributed by atoms with Crippen LogP contribution in [0.4, 0.5) is 28.2 Å². The number of hydrogen-bond acceptors (Lipinski definition) is 7. The van der Waals surface area contributed by atoms with E-state index in [1.165, 1.54) is 29.3 Å². The SMILES string of the molecule is O=C1OCC(C(F)(F)F)N1c1ccnc(-c2cc(-c3ccon3)n(Cc3ccccc3F)n2)n1. The van der Waals surface area contributed by atoms with E-state index in [1.54, 1.807) is 30.3 Å². The van der Waals surface area contributed by atoms with Crippen molar-refractivity contribution in [3.63, 3.8) is 0 Å². The van der Waals surface area contributed by atoms with Gasteiger partial charge in [-0.3, -0.25) is 4.68 Å². The fourth-order valence-electron chi connectivity index (χ4n) is 3.51. The van der Waals surface area contributed by atoms with E-state index in [-0.39, 0.29) is 23.9 Å². The number of benzene rings is 1. The van der Waals surface area contributed by atoms with Gasteiger partial charge in [0, 0.05) is 17.8 Å². The van der Waals surface area contributed by atoms with Gasteiger partial charge >= 0.3 is 12.3 Å². The van der Waals surface area contributed by atoms with Crippen LogP contribution >= 0.6 is 0 Å². The van der Waals surface area contributed by atoms with Crippen molar-refractivity contribution in [2.45, 2.75) is 18.8 Å². The molecule has 1 unspecified atom stereocenters. The second-order valence-corrected chi connectivity index (χ2v) is 7.29. The molecular formula is C21H14F4N6O3. The maximum absolute atomic E-state index is 14.2. The largest absolute Gasteiger partial charge is 0.447 e. The van der Waals surface area contributed by atoms with Crippen molar-refractivity contribution in [1.82, 2.24) is 24.9 Å². The summed E-state index contributed by atoms with van der Waals surface area (Å²) in [6.07, 6.45) is -3.32. The summed E-state index contributed by atoms with van der Waals surface area (Å²) in [5.41, 5.74) is 1.36. The summed E-state index contributed by atoms with van der Waals surface area (Å²) in [6.45, 7) is -0.807. The molecule has 174 valence electrons. The molecule has 0 aliphatic carbocycles. The van der Waals surface area contributed by atoms with Gasteiger partial charge in [0.05, 0.1) is 12.2 Å². The average Bonchev–Trinajstić information content (AvgIpc) is 3.54. The molecule has 1 fully saturated rings. The van der Waals surface area contributed by atoms with E-state index >= 15 is 0 Å². The van der Waals surface area contributed by atoms with Crippen molar-refractivity contribution in [2.75, 3.05) is 11.5 Å². The molecule has 0 radical (unpaired) electrons. The van der Waals surface area contributed by atoms with Gasteiger partial charge in [0.25, 0.3) is 0 Å². The molecule has 1 aromatic carbocycles. The molecule has 1 aliphatic heterocycles. The summed E-state index contributed by atoms with van der Waals surface area (Å²) in [4.78, 5) is 20.6. The van der Waals surface area contributed by atoms with Crippen LogP contribution in [0, 0.1) is 5.82 Å². The van der Waals surface area contributed by atoms with Crippen molar-refractivity contribution in [3.8, 4) is 22.9 Å². The number of alkyl halides is 3. The minimum absolute atomic E-state index is 0.0309. The average molecular weight is 474 g/mol. The zero-order valence-corrected chi connectivity index (χ0v) is 17.1. The molecule has 1 amide bonds. The van der Waals surface area contributed by atoms with E-state index < -0.39 is 30.7 Å². The van der Waals surface area contributed by atoms with E-state index in [4.69, 9.17) is 4.52 Å². The Labute approximate surface area is 188 Å². The topological polar surface area (TPSA) is 99.2 Å². The first-order valence-electron chi connectivity index (χ1n) is 9.89. The number of ether oxygens (including phenoxy) is 1. The minimum atomic E-state index is -4.71. The fourth-order valence-corrected chi connectivity index (χ4v) is 3.51. The van der Waals surface area contributed by atoms with Crippen LogP contribution in [0.1, 0.15) is 5.56 Å². The van der Waals surface area contributed by atoms with Gasteiger partial charge in [-0.1, -0.05) is 23.4 Å². The maximum Gasteiger partial charge on any atom is 0.416 e. The van der Waals surface area contributed by atoms with E-state index in [9.17, 15) is 22.4 Å². The predicted octanol–water partition coefficient (Wildman–Crippen LogP) is 4.07. The Morgan fingerprint density at radius 2 is 1.94 bits per heavy atom. The molecule has 1 atom stereocenters. The summed E-state index contributed by atoms with van der Waals surface area (Å²) in [7, 11) is 0. The minimum Gasteiger partial charge on any atom is -0.447 e. The van der Waals surface area contributed by atoms with Crippen LogP contribution in [0.25, 0.3) is 22.9 Å². The maximum atomic E-state index is 14.2. The highest BCUT2D eigenvalue weighted by Crippen LogP contribution is 2.33. The fraction of sp³-hybridized carbons (Fsp3) is 0.190. The second-order valence-electron chi connectivity index (χ2n) is 7.29. The molecule has 4 aromatic rings. The molecule has 0 saturated carbocycles. The Morgan fingerprint density at radius 1 is 1.12 bits per heavy atom. The Bertz CT molecular complexity index is 1340. The van der Waals surface area contributed by atoms with Crippen molar-refractivity contribution in [2.24, 2.45) is 0 Å². The molecule has 9 nitrogen and oxygen atoms in total. The number of cyclic esters (lactones) is 1. The number of hydrogen-bond donors (Lipinski definition) is 0. The van der Waals surface area contributed by atoms with Crippen LogP contribution < -0.4 is 4.90 Å². The normalized spacial score (nSPS) is 16.2. The van der Waals surface area contributed by atoms with Gasteiger partial charge in [0.15, 0.2) is 11.9 Å². The zero-order valence-electron chi connectivity index (χ0n) is 17.1. The van der Waals surface area contributed by atoms with Gasteiger partial charge in [0.1, 0.15) is 35.9 Å². The smallest absolute Gasteiger partial charge is 0.416 e. The van der Waals surface area contributed by atoms with E-state index in [1.807, 2.05) is 0 Å². The monoisotopic (exact) mass is 474 g/mol. The summed E-state index contributed by atoms with van der Waals surface area (Å²) >= 11 is 0. The Morgan fingerprint density at radius 3 is 2.68 bits per heavy atom. The number of amides is 1. The number of rotatable bonds is 5. The standard InChI is InChI=1S/C21H14F4N6O3/c22-13-4-2-1-3-12(13)10-30-16(14-6-8-34-29-14)9-15(28-30)19-26-7-5-18(27-19)31-17(21(23,24)25)11-33-20(31)32/h1-9,17H,10-11H2. The molecule has 0 spiro atoms. The second kappa shape index (κ2) is 8.24. The third kappa shape index (κ3) is 3.95. The highest BCUT2D eigenvalue weighted by molar-refractivity contribution is 5.89. The van der Waals surface area contributed by atoms with Crippen molar-refractivity contribution >= 4 is 11.9 Å². The lowest BCUT2D eigenvalue weighted by molar-refractivity contribution is -0.147. The lowest BCUT2D eigenvalue weighted by atomic mass is 10.2. The van der Waals surface area contributed by atoms with E-state index in [0.717, 1.165) is 0 Å². The lowest BCUT2D eigenvalue weighted by Gasteiger charge is -2.22. The molecule has 1 saturated heterocycles. The predicted molar refractivity (Wildman–Crippen MR) is 108 cm³/mol. The third-order valence-corrected chi connectivity index (χ3v) is 5.13. The van der Waals surface area contributed by atoms with Gasteiger partial charge in [-0.25, -0.2) is 24.1 Å². The first-order chi connectivity index (χ1) is 16.3. The Hall–Kier alpha value is -4.29. The van der Waals surface area contributed by atoms with E-state index in [0.29, 0.717) is 21.9 Å². The molecule has 0 N–H and O–H groups in total. The van der Waals surface area contributed by atoms with Gasteiger partial charge < -0.3 is 9.26 Å². The van der Waals surface area contributed by atoms with Gasteiger partial charge in [-0.05, 0) is 18.2 Å². The number of nitrogens with zero attached hydrogens (tertiary/aromatic N) is 6. The van der Waals surface area contributed by atoms with Crippen molar-refractivity contribution in [1.29, 1.82) is 0 Å². The number of aromatic nitrogens is 5. The summed E-state index contributed by atoms with van der Waals surface area (Å²) in [5.74, 6) is -0.772. The molecule has 34 heavy (non-hydrogen) atoms. The molecule has 3 aromatic heterocycles. The highest BCUT2D eigenvalue weighted by atomic mass is 19.4. The summed E-state index contributed by atoms with van der Waals surface area (Å²) in [6, 6.07) is 8.26. The number of halogens is 4. The highest BCUT2D eigenvalue weighted by Gasteiger charge is 2.52. The van der Waals surface area contributed by atoms with Crippen LogP contribution in [-0.2, 0) is 11.3 Å². The van der Waals surface area contributed by atoms with Gasteiger partial charge in [0.2, 0.25) is 0 Å². The van der Waals surface area contributed by atoms with Crippen LogP contribution in [0.5, 0.6) is 0 Å². The molecule has 0 bridgehead atoms. The molecule has 4 heterocycles. The molecular weight excluding hydrogens is 460 g/mol. The number of carbonyl (C=O) groups excluding carboxylic acids is 1. The van der Waals surface area contributed by atoms with Crippen LogP contribution in [0.3, 0.4) is 0 Å². The lowest BCUT2D eigenvalue weighted by Crippen LogP contribution is -2.44. The first kappa shape index (κ1) is 21.6. The van der Waals surface area contributed by atoms with Gasteiger partial charge in [-0.15, -0.1) is 0 Å². The third-order valence-electron chi connectivity index (χ3n) is 5.13. The van der Waals surface area contributed by atoms with Gasteiger partial charge in [-0.2, -0.15) is 18.3 Å². The number of carbonyl (C=O) groups is 1. The van der Waals surface area contributed by atoms with E-state index in [2.05, 4.69) is 25.0 Å². The Kier molecular flexibility index (Phi) is 5.23. The summed E-state index contributed by atoms with van der Waals surface area (Å²) in [5, 5.41) is 8.29. The van der Waals surface area contributed by atoms with Crippen LogP contribution in [-0.4, -0.2) is 49.8 Å². The molecule has 5 rings (SSSR count). The first-order valence-corrected chi connectivity index (χ1v) is 9.89. The van der Waals surface area contributed by atoms with Crippen LogP contribution in [0.2, 0.25) is 0 Å². The quantitative estimate of drug-likeness (QED) is 0.402. The number of anilines is 1.